The fraction of sp³-hybridized carbons (Fsp3) is 0.471. The van der Waals surface area contributed by atoms with Gasteiger partial charge in [0.15, 0.2) is 9.84 Å². The standard InChI is InChI=1S/C17H20N4O3S2/c1-11-2-4-12(5-3-11)6-15-19-20-16(25-15)18-17(22)21-7-13(8-21)14-9-26(23,24)10-14/h2-5,13-14H,6-10H2,1H3,(H,18,20,22). The number of hydrogen-bond donors (Lipinski definition) is 1. The molecule has 2 aliphatic rings. The van der Waals surface area contributed by atoms with E-state index in [-0.39, 0.29) is 23.5 Å². The van der Waals surface area contributed by atoms with E-state index in [0.29, 0.717) is 30.6 Å². The Bertz CT molecular complexity index is 906. The molecule has 0 saturated carbocycles. The second-order valence-corrected chi connectivity index (χ2v) is 10.3. The minimum absolute atomic E-state index is 0.193. The number of rotatable bonds is 4. The average Bonchev–Trinajstić information content (AvgIpc) is 2.93. The third-order valence-electron chi connectivity index (χ3n) is 4.96. The summed E-state index contributed by atoms with van der Waals surface area (Å²) in [5, 5.41) is 12.3. The van der Waals surface area contributed by atoms with Gasteiger partial charge in [0.2, 0.25) is 5.13 Å². The van der Waals surface area contributed by atoms with Gasteiger partial charge in [-0.25, -0.2) is 13.2 Å². The van der Waals surface area contributed by atoms with Crippen LogP contribution in [0, 0.1) is 18.8 Å². The third kappa shape index (κ3) is 3.73. The first-order valence-electron chi connectivity index (χ1n) is 8.52. The molecule has 0 atom stereocenters. The maximum atomic E-state index is 12.2. The van der Waals surface area contributed by atoms with Gasteiger partial charge in [-0.15, -0.1) is 10.2 Å². The number of anilines is 1. The highest BCUT2D eigenvalue weighted by atomic mass is 32.2. The molecule has 2 fully saturated rings. The Labute approximate surface area is 156 Å². The molecule has 1 aromatic carbocycles. The molecule has 1 aromatic heterocycles. The van der Waals surface area contributed by atoms with Crippen LogP contribution in [0.3, 0.4) is 0 Å². The van der Waals surface area contributed by atoms with E-state index in [4.69, 9.17) is 0 Å². The molecular weight excluding hydrogens is 372 g/mol. The van der Waals surface area contributed by atoms with Gasteiger partial charge in [-0.1, -0.05) is 41.2 Å². The number of urea groups is 1. The summed E-state index contributed by atoms with van der Waals surface area (Å²) in [4.78, 5) is 13.9. The number of likely N-dealkylation sites (tertiary alicyclic amines) is 1. The predicted octanol–water partition coefficient (Wildman–Crippen LogP) is 1.95. The molecule has 3 heterocycles. The van der Waals surface area contributed by atoms with Crippen molar-refractivity contribution in [1.82, 2.24) is 15.1 Å². The second-order valence-electron chi connectivity index (χ2n) is 7.10. The summed E-state index contributed by atoms with van der Waals surface area (Å²) in [5.41, 5.74) is 2.37. The molecule has 7 nitrogen and oxygen atoms in total. The number of benzene rings is 1. The van der Waals surface area contributed by atoms with E-state index in [2.05, 4.69) is 39.8 Å². The fourth-order valence-corrected chi connectivity index (χ4v) is 5.79. The van der Waals surface area contributed by atoms with Crippen LogP contribution in [0.1, 0.15) is 16.1 Å². The van der Waals surface area contributed by atoms with Gasteiger partial charge < -0.3 is 4.90 Å². The van der Waals surface area contributed by atoms with Gasteiger partial charge in [-0.3, -0.25) is 5.32 Å². The lowest BCUT2D eigenvalue weighted by Crippen LogP contribution is -2.58. The van der Waals surface area contributed by atoms with Crippen molar-refractivity contribution in [2.24, 2.45) is 11.8 Å². The van der Waals surface area contributed by atoms with Gasteiger partial charge in [-0.05, 0) is 24.3 Å². The molecular formula is C17H20N4O3S2. The van der Waals surface area contributed by atoms with Gasteiger partial charge in [0.05, 0.1) is 11.5 Å². The zero-order valence-corrected chi connectivity index (χ0v) is 16.0. The third-order valence-corrected chi connectivity index (χ3v) is 7.67. The van der Waals surface area contributed by atoms with E-state index in [9.17, 15) is 13.2 Å². The number of nitrogens with one attached hydrogen (secondary N) is 1. The largest absolute Gasteiger partial charge is 0.324 e. The molecule has 4 rings (SSSR count). The van der Waals surface area contributed by atoms with E-state index in [1.165, 1.54) is 16.9 Å². The number of aromatic nitrogens is 2. The van der Waals surface area contributed by atoms with Crippen molar-refractivity contribution in [2.45, 2.75) is 13.3 Å². The van der Waals surface area contributed by atoms with Crippen molar-refractivity contribution in [1.29, 1.82) is 0 Å². The summed E-state index contributed by atoms with van der Waals surface area (Å²) in [5.74, 6) is 1.06. The molecule has 0 radical (unpaired) electrons. The maximum absolute atomic E-state index is 12.2. The number of sulfone groups is 1. The van der Waals surface area contributed by atoms with Crippen molar-refractivity contribution < 1.29 is 13.2 Å². The highest BCUT2D eigenvalue weighted by Gasteiger charge is 2.45. The molecule has 2 aliphatic heterocycles. The van der Waals surface area contributed by atoms with Crippen LogP contribution in [-0.4, -0.2) is 54.1 Å². The van der Waals surface area contributed by atoms with Crippen molar-refractivity contribution in [3.05, 3.63) is 40.4 Å². The Morgan fingerprint density at radius 1 is 1.19 bits per heavy atom. The zero-order valence-electron chi connectivity index (χ0n) is 14.4. The first-order valence-corrected chi connectivity index (χ1v) is 11.2. The Hall–Kier alpha value is -2.00. The number of amides is 2. The number of nitrogens with zero attached hydrogens (tertiary/aromatic N) is 3. The molecule has 1 N–H and O–H groups in total. The summed E-state index contributed by atoms with van der Waals surface area (Å²) in [6.07, 6.45) is 0.690. The van der Waals surface area contributed by atoms with Crippen molar-refractivity contribution in [3.63, 3.8) is 0 Å². The lowest BCUT2D eigenvalue weighted by Gasteiger charge is -2.45. The SMILES string of the molecule is Cc1ccc(Cc2nnc(NC(=O)N3CC(C4CS(=O)(=O)C4)C3)s2)cc1. The predicted molar refractivity (Wildman–Crippen MR) is 100 cm³/mol. The quantitative estimate of drug-likeness (QED) is 0.858. The van der Waals surface area contributed by atoms with Gasteiger partial charge in [0, 0.05) is 19.5 Å². The summed E-state index contributed by atoms with van der Waals surface area (Å²) in [6, 6.07) is 8.06. The topological polar surface area (TPSA) is 92.3 Å². The second kappa shape index (κ2) is 6.62. The Morgan fingerprint density at radius 3 is 2.54 bits per heavy atom. The number of hydrogen-bond acceptors (Lipinski definition) is 6. The monoisotopic (exact) mass is 392 g/mol. The van der Waals surface area contributed by atoms with Gasteiger partial charge >= 0.3 is 6.03 Å². The Kier molecular flexibility index (Phi) is 4.44. The lowest BCUT2D eigenvalue weighted by atomic mass is 9.88. The molecule has 0 spiro atoms. The summed E-state index contributed by atoms with van der Waals surface area (Å²) >= 11 is 1.37. The van der Waals surface area contributed by atoms with E-state index >= 15 is 0 Å². The number of carbonyl (C=O) groups excluding carboxylic acids is 1. The number of carbonyl (C=O) groups is 1. The molecule has 9 heteroatoms. The molecule has 2 aromatic rings. The van der Waals surface area contributed by atoms with Crippen molar-refractivity contribution >= 4 is 32.3 Å². The van der Waals surface area contributed by atoms with Crippen LogP contribution in [-0.2, 0) is 16.3 Å². The van der Waals surface area contributed by atoms with E-state index in [0.717, 1.165) is 10.6 Å². The lowest BCUT2D eigenvalue weighted by molar-refractivity contribution is 0.0998. The van der Waals surface area contributed by atoms with Crippen LogP contribution >= 0.6 is 11.3 Å². The highest BCUT2D eigenvalue weighted by Crippen LogP contribution is 2.33. The van der Waals surface area contributed by atoms with Crippen LogP contribution in [0.5, 0.6) is 0 Å². The molecule has 138 valence electrons. The maximum Gasteiger partial charge on any atom is 0.323 e. The first-order chi connectivity index (χ1) is 12.4. The van der Waals surface area contributed by atoms with Crippen LogP contribution in [0.15, 0.2) is 24.3 Å². The van der Waals surface area contributed by atoms with Crippen LogP contribution in [0.25, 0.3) is 0 Å². The van der Waals surface area contributed by atoms with Gasteiger partial charge in [-0.2, -0.15) is 0 Å². The molecule has 0 aliphatic carbocycles. The van der Waals surface area contributed by atoms with Crippen molar-refractivity contribution in [2.75, 3.05) is 29.9 Å². The minimum Gasteiger partial charge on any atom is -0.324 e. The van der Waals surface area contributed by atoms with Gasteiger partial charge in [0.25, 0.3) is 0 Å². The Morgan fingerprint density at radius 2 is 1.88 bits per heavy atom. The smallest absolute Gasteiger partial charge is 0.323 e. The van der Waals surface area contributed by atoms with Crippen LogP contribution < -0.4 is 5.32 Å². The highest BCUT2D eigenvalue weighted by molar-refractivity contribution is 7.92. The van der Waals surface area contributed by atoms with E-state index in [1.807, 2.05) is 6.92 Å². The van der Waals surface area contributed by atoms with Crippen molar-refractivity contribution in [3.8, 4) is 0 Å². The molecule has 0 unspecified atom stereocenters. The summed E-state index contributed by atoms with van der Waals surface area (Å²) in [6.45, 7) is 3.27. The minimum atomic E-state index is -2.80. The number of aryl methyl sites for hydroxylation is 1. The Balaban J connectivity index is 1.26. The van der Waals surface area contributed by atoms with Crippen LogP contribution in [0.2, 0.25) is 0 Å². The summed E-state index contributed by atoms with van der Waals surface area (Å²) in [7, 11) is -2.80. The molecule has 26 heavy (non-hydrogen) atoms. The molecule has 2 amide bonds. The fourth-order valence-electron chi connectivity index (χ4n) is 3.28. The zero-order chi connectivity index (χ0) is 18.3. The van der Waals surface area contributed by atoms with Gasteiger partial charge in [0.1, 0.15) is 5.01 Å². The van der Waals surface area contributed by atoms with Crippen LogP contribution in [0.4, 0.5) is 9.93 Å². The average molecular weight is 393 g/mol. The first kappa shape index (κ1) is 17.4. The summed E-state index contributed by atoms with van der Waals surface area (Å²) < 4.78 is 22.5. The normalized spacial score (nSPS) is 19.7. The molecule has 2 saturated heterocycles. The van der Waals surface area contributed by atoms with E-state index < -0.39 is 9.84 Å². The van der Waals surface area contributed by atoms with E-state index in [1.54, 1.807) is 4.90 Å². The molecule has 0 bridgehead atoms.